The molecule has 2 N–H and O–H groups in total. The summed E-state index contributed by atoms with van der Waals surface area (Å²) in [7, 11) is 0. The van der Waals surface area contributed by atoms with Crippen LogP contribution >= 0.6 is 11.8 Å². The molecule has 0 aliphatic carbocycles. The van der Waals surface area contributed by atoms with Crippen molar-refractivity contribution in [2.45, 2.75) is 11.3 Å². The second-order valence-corrected chi connectivity index (χ2v) is 7.51. The van der Waals surface area contributed by atoms with Gasteiger partial charge >= 0.3 is 6.18 Å². The summed E-state index contributed by atoms with van der Waals surface area (Å²) in [6.45, 7) is 0. The topological polar surface area (TPSA) is 92.2 Å². The summed E-state index contributed by atoms with van der Waals surface area (Å²) < 4.78 is 53.4. The summed E-state index contributed by atoms with van der Waals surface area (Å²) >= 11 is 0.927. The number of carbonyl (C=O) groups excluding carboxylic acids is 1. The molecule has 0 fully saturated rings. The molecular formula is C20H13F4N5O2S. The highest BCUT2D eigenvalue weighted by Gasteiger charge is 2.30. The summed E-state index contributed by atoms with van der Waals surface area (Å²) in [5.41, 5.74) is -0.759. The third-order valence-corrected chi connectivity index (χ3v) is 5.15. The number of hydrogen-bond donors (Lipinski definition) is 2. The van der Waals surface area contributed by atoms with Crippen molar-refractivity contribution in [2.75, 3.05) is 11.1 Å². The van der Waals surface area contributed by atoms with E-state index in [2.05, 4.69) is 20.4 Å². The predicted octanol–water partition coefficient (Wildman–Crippen LogP) is 3.97. The fourth-order valence-corrected chi connectivity index (χ4v) is 3.59. The Hall–Kier alpha value is -3.67. The van der Waals surface area contributed by atoms with Crippen LogP contribution in [0, 0.1) is 5.82 Å². The number of amides is 1. The van der Waals surface area contributed by atoms with Crippen molar-refractivity contribution in [1.82, 2.24) is 19.6 Å². The van der Waals surface area contributed by atoms with Gasteiger partial charge in [-0.15, -0.1) is 0 Å². The number of nitrogens with zero attached hydrogens (tertiary/aromatic N) is 3. The first-order chi connectivity index (χ1) is 15.2. The number of halogens is 4. The fraction of sp³-hybridized carbons (Fsp3) is 0.100. The van der Waals surface area contributed by atoms with E-state index in [4.69, 9.17) is 0 Å². The van der Waals surface area contributed by atoms with E-state index in [0.717, 1.165) is 23.9 Å². The highest BCUT2D eigenvalue weighted by Crippen LogP contribution is 2.30. The quantitative estimate of drug-likeness (QED) is 0.345. The van der Waals surface area contributed by atoms with Crippen LogP contribution in [0.2, 0.25) is 0 Å². The number of benzene rings is 2. The minimum absolute atomic E-state index is 0.00641. The molecule has 0 saturated carbocycles. The van der Waals surface area contributed by atoms with Crippen molar-refractivity contribution in [1.29, 1.82) is 0 Å². The number of alkyl halides is 3. The molecule has 12 heteroatoms. The lowest BCUT2D eigenvalue weighted by atomic mass is 10.2. The second-order valence-electron chi connectivity index (χ2n) is 6.57. The van der Waals surface area contributed by atoms with Crippen LogP contribution in [0.1, 0.15) is 5.56 Å². The van der Waals surface area contributed by atoms with Gasteiger partial charge in [-0.05, 0) is 30.3 Å². The lowest BCUT2D eigenvalue weighted by Crippen LogP contribution is -2.16. The van der Waals surface area contributed by atoms with Gasteiger partial charge in [0.25, 0.3) is 5.56 Å². The lowest BCUT2D eigenvalue weighted by molar-refractivity contribution is -0.137. The number of rotatable bonds is 5. The van der Waals surface area contributed by atoms with E-state index in [1.54, 1.807) is 6.07 Å². The Kier molecular flexibility index (Phi) is 5.70. The molecule has 2 aromatic heterocycles. The van der Waals surface area contributed by atoms with Crippen molar-refractivity contribution in [3.63, 3.8) is 0 Å². The summed E-state index contributed by atoms with van der Waals surface area (Å²) in [6, 6.07) is 11.0. The van der Waals surface area contributed by atoms with Crippen LogP contribution in [0.5, 0.6) is 0 Å². The van der Waals surface area contributed by atoms with E-state index >= 15 is 0 Å². The maximum absolute atomic E-state index is 13.6. The maximum Gasteiger partial charge on any atom is 0.416 e. The first-order valence-corrected chi connectivity index (χ1v) is 10.0. The molecule has 0 aliphatic heterocycles. The van der Waals surface area contributed by atoms with Gasteiger partial charge in [0.2, 0.25) is 5.91 Å². The Morgan fingerprint density at radius 2 is 1.88 bits per heavy atom. The number of aromatic amines is 1. The van der Waals surface area contributed by atoms with Gasteiger partial charge in [-0.25, -0.2) is 18.9 Å². The number of hydrogen-bond acceptors (Lipinski definition) is 5. The zero-order chi connectivity index (χ0) is 22.9. The van der Waals surface area contributed by atoms with Gasteiger partial charge in [0.05, 0.1) is 11.3 Å². The van der Waals surface area contributed by atoms with Gasteiger partial charge in [0.15, 0.2) is 16.6 Å². The van der Waals surface area contributed by atoms with Crippen LogP contribution in [0.4, 0.5) is 23.2 Å². The molecule has 0 spiro atoms. The van der Waals surface area contributed by atoms with E-state index in [-0.39, 0.29) is 28.1 Å². The molecule has 0 unspecified atom stereocenters. The molecule has 4 rings (SSSR count). The van der Waals surface area contributed by atoms with Crippen LogP contribution < -0.4 is 10.9 Å². The minimum Gasteiger partial charge on any atom is -0.325 e. The Bertz CT molecular complexity index is 1370. The SMILES string of the molecule is O=C(CSc1nc(-c2cccc(F)c2)nc2cc(=O)[nH]n12)Nc1cccc(C(F)(F)F)c1. The summed E-state index contributed by atoms with van der Waals surface area (Å²) in [5.74, 6) is -1.15. The number of thioether (sulfide) groups is 1. The van der Waals surface area contributed by atoms with Gasteiger partial charge in [-0.1, -0.05) is 30.0 Å². The molecule has 0 radical (unpaired) electrons. The van der Waals surface area contributed by atoms with Crippen molar-refractivity contribution in [2.24, 2.45) is 0 Å². The zero-order valence-corrected chi connectivity index (χ0v) is 16.8. The van der Waals surface area contributed by atoms with E-state index in [9.17, 15) is 27.2 Å². The van der Waals surface area contributed by atoms with Crippen molar-refractivity contribution < 1.29 is 22.4 Å². The molecule has 0 saturated heterocycles. The molecule has 0 atom stereocenters. The molecule has 164 valence electrons. The first-order valence-electron chi connectivity index (χ1n) is 9.05. The van der Waals surface area contributed by atoms with Crippen LogP contribution in [0.25, 0.3) is 17.0 Å². The van der Waals surface area contributed by atoms with Crippen LogP contribution in [-0.4, -0.2) is 31.2 Å². The normalized spacial score (nSPS) is 11.6. The molecule has 1 amide bonds. The molecule has 7 nitrogen and oxygen atoms in total. The molecule has 0 bridgehead atoms. The molecule has 0 aliphatic rings. The predicted molar refractivity (Wildman–Crippen MR) is 110 cm³/mol. The fourth-order valence-electron chi connectivity index (χ4n) is 2.84. The zero-order valence-electron chi connectivity index (χ0n) is 16.0. The van der Waals surface area contributed by atoms with Crippen molar-refractivity contribution in [3.05, 3.63) is 76.3 Å². The van der Waals surface area contributed by atoms with E-state index < -0.39 is 29.0 Å². The summed E-state index contributed by atoms with van der Waals surface area (Å²) in [4.78, 5) is 32.6. The van der Waals surface area contributed by atoms with Gasteiger partial charge in [0.1, 0.15) is 5.82 Å². The summed E-state index contributed by atoms with van der Waals surface area (Å²) in [5, 5.41) is 5.09. The van der Waals surface area contributed by atoms with E-state index in [0.29, 0.717) is 5.56 Å². The van der Waals surface area contributed by atoms with E-state index in [1.165, 1.54) is 40.9 Å². The monoisotopic (exact) mass is 463 g/mol. The van der Waals surface area contributed by atoms with Crippen LogP contribution in [0.3, 0.4) is 0 Å². The van der Waals surface area contributed by atoms with Crippen molar-refractivity contribution >= 4 is 29.0 Å². The average Bonchev–Trinajstić information content (AvgIpc) is 3.12. The number of aromatic nitrogens is 4. The Labute approximate surface area is 181 Å². The molecule has 2 heterocycles. The number of anilines is 1. The third kappa shape index (κ3) is 4.80. The smallest absolute Gasteiger partial charge is 0.325 e. The minimum atomic E-state index is -4.53. The molecular weight excluding hydrogens is 450 g/mol. The standard InChI is InChI=1S/C20H13F4N5O2S/c21-13-5-1-3-11(7-13)18-26-15-9-16(30)28-29(15)19(27-18)32-10-17(31)25-14-6-2-4-12(8-14)20(22,23)24/h1-9H,10H2,(H,25,31)(H,28,30). The average molecular weight is 463 g/mol. The van der Waals surface area contributed by atoms with Gasteiger partial charge < -0.3 is 5.32 Å². The van der Waals surface area contributed by atoms with Crippen molar-refractivity contribution in [3.8, 4) is 11.4 Å². The van der Waals surface area contributed by atoms with Gasteiger partial charge in [0, 0.05) is 17.3 Å². The highest BCUT2D eigenvalue weighted by atomic mass is 32.2. The molecule has 32 heavy (non-hydrogen) atoms. The maximum atomic E-state index is 13.6. The third-order valence-electron chi connectivity index (χ3n) is 4.21. The van der Waals surface area contributed by atoms with E-state index in [1.807, 2.05) is 0 Å². The number of fused-ring (bicyclic) bond motifs is 1. The molecule has 2 aromatic carbocycles. The van der Waals surface area contributed by atoms with Gasteiger partial charge in [-0.2, -0.15) is 13.2 Å². The largest absolute Gasteiger partial charge is 0.416 e. The highest BCUT2D eigenvalue weighted by molar-refractivity contribution is 7.99. The van der Waals surface area contributed by atoms with Crippen LogP contribution in [0.15, 0.2) is 64.5 Å². The molecule has 4 aromatic rings. The van der Waals surface area contributed by atoms with Crippen LogP contribution in [-0.2, 0) is 11.0 Å². The number of carbonyl (C=O) groups is 1. The Balaban J connectivity index is 1.56. The number of H-pyrrole nitrogens is 1. The van der Waals surface area contributed by atoms with Gasteiger partial charge in [-0.3, -0.25) is 14.7 Å². The Morgan fingerprint density at radius 3 is 2.62 bits per heavy atom. The lowest BCUT2D eigenvalue weighted by Gasteiger charge is -2.10. The number of nitrogens with one attached hydrogen (secondary N) is 2. The second kappa shape index (κ2) is 8.46. The first kappa shape index (κ1) is 21.6. The summed E-state index contributed by atoms with van der Waals surface area (Å²) in [6.07, 6.45) is -4.53. The Morgan fingerprint density at radius 1 is 1.09 bits per heavy atom.